The van der Waals surface area contributed by atoms with Crippen LogP contribution in [0.3, 0.4) is 0 Å². The number of aliphatic carboxylic acids is 1. The van der Waals surface area contributed by atoms with Crippen LogP contribution in [-0.4, -0.2) is 64.3 Å². The van der Waals surface area contributed by atoms with Gasteiger partial charge in [-0.05, 0) is 25.7 Å². The number of amides is 1. The van der Waals surface area contributed by atoms with Crippen LogP contribution in [0.4, 0.5) is 5.13 Å². The molecule has 2 atom stereocenters. The van der Waals surface area contributed by atoms with Crippen molar-refractivity contribution >= 4 is 39.9 Å². The van der Waals surface area contributed by atoms with Crippen LogP contribution in [0.1, 0.15) is 48.2 Å². The Morgan fingerprint density at radius 1 is 1.47 bits per heavy atom. The zero-order valence-corrected chi connectivity index (χ0v) is 18.3. The number of nitrogens with one attached hydrogen (secondary N) is 2. The molecule has 11 heteroatoms. The highest BCUT2D eigenvalue weighted by Crippen LogP contribution is 2.49. The highest BCUT2D eigenvalue weighted by atomic mass is 35.5. The van der Waals surface area contributed by atoms with Gasteiger partial charge in [-0.2, -0.15) is 0 Å². The van der Waals surface area contributed by atoms with E-state index in [-0.39, 0.29) is 23.9 Å². The Labute approximate surface area is 182 Å². The lowest BCUT2D eigenvalue weighted by atomic mass is 10.0. The van der Waals surface area contributed by atoms with Gasteiger partial charge in [0.25, 0.3) is 5.91 Å². The summed E-state index contributed by atoms with van der Waals surface area (Å²) in [6.07, 6.45) is 2.36. The average Bonchev–Trinajstić information content (AvgIpc) is 3.24. The molecule has 0 spiro atoms. The van der Waals surface area contributed by atoms with Crippen LogP contribution < -0.4 is 10.2 Å². The summed E-state index contributed by atoms with van der Waals surface area (Å²) in [5.41, 5.74) is 0.568. The smallest absolute Gasteiger partial charge is 0.315 e. The van der Waals surface area contributed by atoms with Crippen molar-refractivity contribution in [1.82, 2.24) is 20.3 Å². The van der Waals surface area contributed by atoms with Gasteiger partial charge in [0.05, 0.1) is 23.5 Å². The summed E-state index contributed by atoms with van der Waals surface area (Å²) in [6.45, 7) is 3.16. The maximum atomic E-state index is 12.6. The molecular formula is C19H24ClN5O4S. The number of carboxylic acid groups (broad SMARTS) is 1. The molecule has 1 unspecified atom stereocenters. The molecule has 3 heterocycles. The number of halogens is 1. The summed E-state index contributed by atoms with van der Waals surface area (Å²) >= 11 is 7.49. The molecule has 1 aliphatic carbocycles. The van der Waals surface area contributed by atoms with E-state index in [1.807, 2.05) is 12.3 Å². The van der Waals surface area contributed by atoms with Crippen LogP contribution in [0.15, 0.2) is 5.38 Å². The number of hydrogen-bond donors (Lipinski definition) is 3. The molecule has 2 fully saturated rings. The summed E-state index contributed by atoms with van der Waals surface area (Å²) in [5.74, 6) is -0.923. The van der Waals surface area contributed by atoms with Gasteiger partial charge in [-0.15, -0.1) is 11.3 Å². The zero-order valence-electron chi connectivity index (χ0n) is 16.8. The number of piperidine rings is 1. The van der Waals surface area contributed by atoms with Gasteiger partial charge in [-0.3, -0.25) is 9.59 Å². The monoisotopic (exact) mass is 453 g/mol. The second-order valence-electron chi connectivity index (χ2n) is 7.70. The number of aryl methyl sites for hydroxylation is 1. The molecule has 1 aliphatic heterocycles. The first-order valence-corrected chi connectivity index (χ1v) is 11.2. The van der Waals surface area contributed by atoms with Crippen molar-refractivity contribution in [2.75, 3.05) is 25.1 Å². The molecule has 4 rings (SSSR count). The summed E-state index contributed by atoms with van der Waals surface area (Å²) in [6, 6.07) is -0.180. The summed E-state index contributed by atoms with van der Waals surface area (Å²) < 4.78 is 5.64. The van der Waals surface area contributed by atoms with Gasteiger partial charge in [0.15, 0.2) is 16.1 Å². The molecule has 0 radical (unpaired) electrons. The van der Waals surface area contributed by atoms with Gasteiger partial charge in [0, 0.05) is 25.6 Å². The Bertz CT molecular complexity index is 957. The van der Waals surface area contributed by atoms with Crippen LogP contribution in [0.25, 0.3) is 0 Å². The number of aromatic nitrogens is 3. The molecular weight excluding hydrogens is 430 g/mol. The number of carbonyl (C=O) groups excluding carboxylic acids is 1. The molecule has 3 N–H and O–H groups in total. The second-order valence-corrected chi connectivity index (χ2v) is 8.89. The SMILES string of the molecule is CCc1[nH]c(C(=O)NC2CCN(c3nc(C4(C(=O)O)CC4)cs3)C[C@@H]2OC)nc1Cl. The number of hydrogen-bond acceptors (Lipinski definition) is 7. The van der Waals surface area contributed by atoms with Crippen molar-refractivity contribution in [3.8, 4) is 0 Å². The average molecular weight is 454 g/mol. The Morgan fingerprint density at radius 2 is 2.23 bits per heavy atom. The summed E-state index contributed by atoms with van der Waals surface area (Å²) in [7, 11) is 1.61. The number of ether oxygens (including phenoxy) is 1. The lowest BCUT2D eigenvalue weighted by Gasteiger charge is -2.37. The minimum atomic E-state index is -0.806. The molecule has 162 valence electrons. The van der Waals surface area contributed by atoms with E-state index in [9.17, 15) is 14.7 Å². The summed E-state index contributed by atoms with van der Waals surface area (Å²) in [4.78, 5) is 37.9. The lowest BCUT2D eigenvalue weighted by molar-refractivity contribution is -0.140. The second kappa shape index (κ2) is 8.16. The van der Waals surface area contributed by atoms with Crippen molar-refractivity contribution in [3.05, 3.63) is 27.7 Å². The topological polar surface area (TPSA) is 120 Å². The Morgan fingerprint density at radius 3 is 2.83 bits per heavy atom. The van der Waals surface area contributed by atoms with E-state index in [4.69, 9.17) is 16.3 Å². The normalized spacial score (nSPS) is 22.7. The number of H-pyrrole nitrogens is 1. The van der Waals surface area contributed by atoms with Crippen molar-refractivity contribution in [1.29, 1.82) is 0 Å². The number of methoxy groups -OCH3 is 1. The fraction of sp³-hybridized carbons (Fsp3) is 0.579. The maximum absolute atomic E-state index is 12.6. The molecule has 2 aliphatic rings. The standard InChI is InChI=1S/C19H24ClN5O4S/c1-3-10-14(20)24-15(21-10)16(26)22-11-4-7-25(8-12(11)29-2)18-23-13(9-30-18)19(5-6-19)17(27)28/h9,11-12H,3-8H2,1-2H3,(H,21,24)(H,22,26)(H,27,28)/t11?,12-/m0/s1. The number of thiazole rings is 1. The number of imidazole rings is 1. The number of rotatable bonds is 7. The van der Waals surface area contributed by atoms with Gasteiger partial charge in [0.1, 0.15) is 5.41 Å². The van der Waals surface area contributed by atoms with Gasteiger partial charge < -0.3 is 25.0 Å². The fourth-order valence-electron chi connectivity index (χ4n) is 3.79. The Balaban J connectivity index is 1.41. The molecule has 0 aromatic carbocycles. The third-order valence-corrected chi connectivity index (χ3v) is 7.10. The van der Waals surface area contributed by atoms with E-state index in [1.54, 1.807) is 7.11 Å². The maximum Gasteiger partial charge on any atom is 0.315 e. The molecule has 1 saturated heterocycles. The first-order valence-electron chi connectivity index (χ1n) is 9.90. The van der Waals surface area contributed by atoms with Crippen molar-refractivity contribution < 1.29 is 19.4 Å². The number of carboxylic acids is 1. The third-order valence-electron chi connectivity index (χ3n) is 5.89. The van der Waals surface area contributed by atoms with Gasteiger partial charge in [0.2, 0.25) is 0 Å². The molecule has 0 bridgehead atoms. The van der Waals surface area contributed by atoms with Crippen LogP contribution in [0, 0.1) is 0 Å². The van der Waals surface area contributed by atoms with Gasteiger partial charge in [-0.1, -0.05) is 18.5 Å². The Hall–Kier alpha value is -2.17. The van der Waals surface area contributed by atoms with Crippen LogP contribution >= 0.6 is 22.9 Å². The molecule has 9 nitrogen and oxygen atoms in total. The van der Waals surface area contributed by atoms with Gasteiger partial charge >= 0.3 is 5.97 Å². The number of carbonyl (C=O) groups is 2. The van der Waals surface area contributed by atoms with E-state index in [2.05, 4.69) is 25.2 Å². The summed E-state index contributed by atoms with van der Waals surface area (Å²) in [5, 5.41) is 15.4. The highest BCUT2D eigenvalue weighted by molar-refractivity contribution is 7.13. The molecule has 1 saturated carbocycles. The van der Waals surface area contributed by atoms with Crippen molar-refractivity contribution in [2.24, 2.45) is 0 Å². The quantitative estimate of drug-likeness (QED) is 0.587. The molecule has 2 aromatic heterocycles. The zero-order chi connectivity index (χ0) is 21.5. The minimum Gasteiger partial charge on any atom is -0.481 e. The molecule has 2 aromatic rings. The third kappa shape index (κ3) is 3.79. The van der Waals surface area contributed by atoms with E-state index < -0.39 is 11.4 Å². The largest absolute Gasteiger partial charge is 0.481 e. The van der Waals surface area contributed by atoms with Gasteiger partial charge in [-0.25, -0.2) is 9.97 Å². The minimum absolute atomic E-state index is 0.180. The van der Waals surface area contributed by atoms with Crippen molar-refractivity contribution in [3.63, 3.8) is 0 Å². The highest BCUT2D eigenvalue weighted by Gasteiger charge is 2.53. The predicted octanol–water partition coefficient (Wildman–Crippen LogP) is 2.22. The fourth-order valence-corrected chi connectivity index (χ4v) is 5.02. The first-order chi connectivity index (χ1) is 14.4. The van der Waals surface area contributed by atoms with E-state index in [1.165, 1.54) is 11.3 Å². The number of aromatic amines is 1. The van der Waals surface area contributed by atoms with Crippen LogP contribution in [0.2, 0.25) is 5.15 Å². The lowest BCUT2D eigenvalue weighted by Crippen LogP contribution is -2.55. The van der Waals surface area contributed by atoms with Crippen molar-refractivity contribution in [2.45, 2.75) is 50.2 Å². The Kier molecular flexibility index (Phi) is 5.73. The molecule has 1 amide bonds. The van der Waals surface area contributed by atoms with E-state index in [0.717, 1.165) is 10.8 Å². The molecule has 30 heavy (non-hydrogen) atoms. The van der Waals surface area contributed by atoms with Crippen LogP contribution in [0.5, 0.6) is 0 Å². The number of anilines is 1. The van der Waals surface area contributed by atoms with Crippen LogP contribution in [-0.2, 0) is 21.4 Å². The van der Waals surface area contributed by atoms with E-state index >= 15 is 0 Å². The first kappa shape index (κ1) is 21.1. The number of nitrogens with zero attached hydrogens (tertiary/aromatic N) is 3. The van der Waals surface area contributed by atoms with E-state index in [0.29, 0.717) is 49.6 Å². The predicted molar refractivity (Wildman–Crippen MR) is 113 cm³/mol.